The molecule has 4 aromatic rings. The summed E-state index contributed by atoms with van der Waals surface area (Å²) in [5.74, 6) is 0.986. The van der Waals surface area contributed by atoms with E-state index < -0.39 is 0 Å². The van der Waals surface area contributed by atoms with E-state index in [0.29, 0.717) is 47.5 Å². The zero-order valence-electron chi connectivity index (χ0n) is 17.6. The zero-order valence-corrected chi connectivity index (χ0v) is 17.6. The van der Waals surface area contributed by atoms with Crippen molar-refractivity contribution in [3.63, 3.8) is 0 Å². The van der Waals surface area contributed by atoms with Gasteiger partial charge in [0.05, 0.1) is 31.2 Å². The minimum atomic E-state index is -0.152. The molecule has 1 saturated heterocycles. The molecule has 1 aliphatic heterocycles. The maximum Gasteiger partial charge on any atom is 0.180 e. The Kier molecular flexibility index (Phi) is 5.29. The van der Waals surface area contributed by atoms with Gasteiger partial charge < -0.3 is 30.2 Å². The number of nitrogens with one attached hydrogen (secondary N) is 1. The van der Waals surface area contributed by atoms with Crippen LogP contribution in [-0.4, -0.2) is 61.9 Å². The van der Waals surface area contributed by atoms with E-state index in [1.807, 2.05) is 48.0 Å². The summed E-state index contributed by atoms with van der Waals surface area (Å²) in [5.41, 5.74) is 10.5. The lowest BCUT2D eigenvalue weighted by molar-refractivity contribution is 0.00357. The van der Waals surface area contributed by atoms with Crippen LogP contribution >= 0.6 is 0 Å². The Bertz CT molecular complexity index is 1240. The molecule has 0 bridgehead atoms. The quantitative estimate of drug-likeness (QED) is 0.434. The SMILES string of the molecule is Cc1ncc(-c2cn3ccnc3c(Nc3ccc(N4CCO[C@@H](CO)C4)cc3)n2)nc1N. The third kappa shape index (κ3) is 3.93. The minimum absolute atomic E-state index is 0.0233. The highest BCUT2D eigenvalue weighted by Gasteiger charge is 2.20. The number of ether oxygens (including phenoxy) is 1. The van der Waals surface area contributed by atoms with Crippen molar-refractivity contribution in [3.8, 4) is 11.4 Å². The van der Waals surface area contributed by atoms with Gasteiger partial charge in [0.2, 0.25) is 0 Å². The largest absolute Gasteiger partial charge is 0.394 e. The third-order valence-corrected chi connectivity index (χ3v) is 5.47. The smallest absolute Gasteiger partial charge is 0.180 e. The van der Waals surface area contributed by atoms with E-state index in [4.69, 9.17) is 15.5 Å². The number of anilines is 4. The second kappa shape index (κ2) is 8.40. The van der Waals surface area contributed by atoms with Crippen LogP contribution in [0.1, 0.15) is 5.69 Å². The normalized spacial score (nSPS) is 16.4. The van der Waals surface area contributed by atoms with E-state index in [9.17, 15) is 5.11 Å². The summed E-state index contributed by atoms with van der Waals surface area (Å²) in [4.78, 5) is 20.1. The molecular weight excluding hydrogens is 408 g/mol. The lowest BCUT2D eigenvalue weighted by atomic mass is 10.2. The van der Waals surface area contributed by atoms with Crippen molar-refractivity contribution in [2.75, 3.05) is 42.3 Å². The van der Waals surface area contributed by atoms with Crippen LogP contribution in [0, 0.1) is 6.92 Å². The maximum absolute atomic E-state index is 9.37. The average Bonchev–Trinajstić information content (AvgIpc) is 3.30. The Morgan fingerprint density at radius 2 is 2.03 bits per heavy atom. The molecule has 4 heterocycles. The molecule has 1 aliphatic rings. The minimum Gasteiger partial charge on any atom is -0.394 e. The van der Waals surface area contributed by atoms with Gasteiger partial charge in [-0.3, -0.25) is 4.98 Å². The van der Waals surface area contributed by atoms with Gasteiger partial charge in [0.25, 0.3) is 0 Å². The monoisotopic (exact) mass is 432 g/mol. The van der Waals surface area contributed by atoms with E-state index in [-0.39, 0.29) is 12.7 Å². The molecular formula is C22H24N8O2. The van der Waals surface area contributed by atoms with Crippen LogP contribution in [0.25, 0.3) is 17.0 Å². The molecule has 1 aromatic carbocycles. The van der Waals surface area contributed by atoms with Gasteiger partial charge in [0.15, 0.2) is 11.5 Å². The first-order valence-electron chi connectivity index (χ1n) is 10.4. The van der Waals surface area contributed by atoms with Gasteiger partial charge in [0.1, 0.15) is 17.2 Å². The second-order valence-corrected chi connectivity index (χ2v) is 7.65. The molecule has 3 aromatic heterocycles. The zero-order chi connectivity index (χ0) is 22.1. The number of fused-ring (bicyclic) bond motifs is 1. The Morgan fingerprint density at radius 3 is 2.81 bits per heavy atom. The molecule has 1 atom stereocenters. The fourth-order valence-electron chi connectivity index (χ4n) is 3.68. The number of aliphatic hydroxyl groups is 1. The number of hydrogen-bond acceptors (Lipinski definition) is 9. The summed E-state index contributed by atoms with van der Waals surface area (Å²) in [6, 6.07) is 8.08. The highest BCUT2D eigenvalue weighted by atomic mass is 16.5. The van der Waals surface area contributed by atoms with Crippen LogP contribution in [0.15, 0.2) is 49.1 Å². The highest BCUT2D eigenvalue weighted by molar-refractivity contribution is 5.73. The molecule has 0 amide bonds. The van der Waals surface area contributed by atoms with Crippen LogP contribution in [-0.2, 0) is 4.74 Å². The van der Waals surface area contributed by atoms with Gasteiger partial charge in [-0.05, 0) is 31.2 Å². The summed E-state index contributed by atoms with van der Waals surface area (Å²) >= 11 is 0. The van der Waals surface area contributed by atoms with Crippen molar-refractivity contribution in [3.05, 3.63) is 54.7 Å². The number of aliphatic hydroxyl groups excluding tert-OH is 1. The summed E-state index contributed by atoms with van der Waals surface area (Å²) in [7, 11) is 0. The van der Waals surface area contributed by atoms with Gasteiger partial charge in [-0.25, -0.2) is 15.0 Å². The van der Waals surface area contributed by atoms with Gasteiger partial charge in [-0.15, -0.1) is 0 Å². The Morgan fingerprint density at radius 1 is 1.19 bits per heavy atom. The molecule has 0 spiro atoms. The first kappa shape index (κ1) is 20.2. The van der Waals surface area contributed by atoms with E-state index in [2.05, 4.69) is 25.2 Å². The van der Waals surface area contributed by atoms with Crippen molar-refractivity contribution in [1.29, 1.82) is 0 Å². The highest BCUT2D eigenvalue weighted by Crippen LogP contribution is 2.26. The topological polar surface area (TPSA) is 127 Å². The fraction of sp³-hybridized carbons (Fsp3) is 0.273. The van der Waals surface area contributed by atoms with Crippen molar-refractivity contribution in [1.82, 2.24) is 24.3 Å². The van der Waals surface area contributed by atoms with Crippen LogP contribution in [0.3, 0.4) is 0 Å². The standard InChI is InChI=1S/C22H24N8O2/c1-14-20(23)27-18(10-25-14)19-12-30-7-6-24-22(30)21(28-19)26-15-2-4-16(5-3-15)29-8-9-32-17(11-29)13-31/h2-7,10,12,17,31H,8-9,11,13H2,1H3,(H2,23,27)(H,26,28)/t17-/m1/s1. The van der Waals surface area contributed by atoms with Crippen molar-refractivity contribution >= 4 is 28.7 Å². The van der Waals surface area contributed by atoms with Crippen molar-refractivity contribution < 1.29 is 9.84 Å². The third-order valence-electron chi connectivity index (χ3n) is 5.47. The molecule has 1 fully saturated rings. The molecule has 164 valence electrons. The van der Waals surface area contributed by atoms with Crippen LogP contribution in [0.5, 0.6) is 0 Å². The van der Waals surface area contributed by atoms with E-state index in [0.717, 1.165) is 17.9 Å². The lowest BCUT2D eigenvalue weighted by Crippen LogP contribution is -2.44. The Hall–Kier alpha value is -3.76. The van der Waals surface area contributed by atoms with E-state index >= 15 is 0 Å². The van der Waals surface area contributed by atoms with Crippen molar-refractivity contribution in [2.45, 2.75) is 13.0 Å². The van der Waals surface area contributed by atoms with Crippen LogP contribution in [0.2, 0.25) is 0 Å². The Balaban J connectivity index is 1.42. The van der Waals surface area contributed by atoms with Gasteiger partial charge >= 0.3 is 0 Å². The van der Waals surface area contributed by atoms with E-state index in [1.54, 1.807) is 12.4 Å². The van der Waals surface area contributed by atoms with Crippen LogP contribution in [0.4, 0.5) is 23.0 Å². The summed E-state index contributed by atoms with van der Waals surface area (Å²) < 4.78 is 7.43. The molecule has 0 aliphatic carbocycles. The number of aromatic nitrogens is 5. The number of hydrogen-bond donors (Lipinski definition) is 3. The number of imidazole rings is 1. The molecule has 0 unspecified atom stereocenters. The summed E-state index contributed by atoms with van der Waals surface area (Å²) in [6.07, 6.45) is 6.94. The molecule has 4 N–H and O–H groups in total. The van der Waals surface area contributed by atoms with E-state index in [1.165, 1.54) is 0 Å². The number of nitrogen functional groups attached to an aromatic ring is 1. The van der Waals surface area contributed by atoms with Crippen molar-refractivity contribution in [2.24, 2.45) is 0 Å². The van der Waals surface area contributed by atoms with Gasteiger partial charge in [-0.2, -0.15) is 0 Å². The van der Waals surface area contributed by atoms with Gasteiger partial charge in [-0.1, -0.05) is 0 Å². The first-order chi connectivity index (χ1) is 15.6. The second-order valence-electron chi connectivity index (χ2n) is 7.65. The fourth-order valence-corrected chi connectivity index (χ4v) is 3.68. The predicted molar refractivity (Wildman–Crippen MR) is 122 cm³/mol. The molecule has 0 radical (unpaired) electrons. The summed E-state index contributed by atoms with van der Waals surface area (Å²) in [5, 5.41) is 12.7. The number of morpholine rings is 1. The number of nitrogens with two attached hydrogens (primary N) is 1. The number of aryl methyl sites for hydroxylation is 1. The first-order valence-corrected chi connectivity index (χ1v) is 10.4. The average molecular weight is 432 g/mol. The molecule has 10 heteroatoms. The molecule has 32 heavy (non-hydrogen) atoms. The molecule has 5 rings (SSSR count). The number of benzene rings is 1. The number of nitrogens with zero attached hydrogens (tertiary/aromatic N) is 6. The molecule has 10 nitrogen and oxygen atoms in total. The van der Waals surface area contributed by atoms with Crippen LogP contribution < -0.4 is 16.0 Å². The summed E-state index contributed by atoms with van der Waals surface area (Å²) in [6.45, 7) is 3.91. The maximum atomic E-state index is 9.37. The molecule has 0 saturated carbocycles. The lowest BCUT2D eigenvalue weighted by Gasteiger charge is -2.33. The van der Waals surface area contributed by atoms with Gasteiger partial charge in [0, 0.05) is 43.1 Å². The Labute approximate surface area is 184 Å². The number of rotatable bonds is 5. The predicted octanol–water partition coefficient (Wildman–Crippen LogP) is 2.02.